The van der Waals surface area contributed by atoms with Crippen molar-refractivity contribution in [1.82, 2.24) is 5.32 Å². The van der Waals surface area contributed by atoms with E-state index >= 15 is 0 Å². The molecule has 0 spiro atoms. The smallest absolute Gasteiger partial charge is 0.0375 e. The molecule has 0 aliphatic carbocycles. The molecule has 16 heavy (non-hydrogen) atoms. The second-order valence-electron chi connectivity index (χ2n) is 5.80. The van der Waals surface area contributed by atoms with Crippen molar-refractivity contribution in [2.45, 2.75) is 39.7 Å². The minimum Gasteiger partial charge on any atom is -0.309 e. The van der Waals surface area contributed by atoms with Crippen molar-refractivity contribution in [2.75, 3.05) is 6.54 Å². The van der Waals surface area contributed by atoms with Crippen LogP contribution in [-0.2, 0) is 0 Å². The second-order valence-corrected chi connectivity index (χ2v) is 5.80. The summed E-state index contributed by atoms with van der Waals surface area (Å²) < 4.78 is 0. The minimum atomic E-state index is 0.426. The zero-order valence-electron chi connectivity index (χ0n) is 10.7. The Labute approximate surface area is 99.3 Å². The lowest BCUT2D eigenvalue weighted by atomic mass is 9.74. The summed E-state index contributed by atoms with van der Waals surface area (Å²) in [6.07, 6.45) is 2.60. The van der Waals surface area contributed by atoms with Crippen LogP contribution in [0.2, 0.25) is 0 Å². The maximum absolute atomic E-state index is 3.67. The maximum atomic E-state index is 3.67. The van der Waals surface area contributed by atoms with E-state index in [2.05, 4.69) is 56.4 Å². The van der Waals surface area contributed by atoms with Gasteiger partial charge in [-0.15, -0.1) is 0 Å². The summed E-state index contributed by atoms with van der Waals surface area (Å²) in [6, 6.07) is 11.4. The van der Waals surface area contributed by atoms with Gasteiger partial charge in [0.2, 0.25) is 0 Å². The van der Waals surface area contributed by atoms with Crippen LogP contribution in [0.3, 0.4) is 0 Å². The monoisotopic (exact) mass is 217 g/mol. The number of hydrogen-bond donors (Lipinski definition) is 1. The minimum absolute atomic E-state index is 0.426. The number of benzene rings is 1. The molecule has 0 radical (unpaired) electrons. The molecule has 1 heterocycles. The lowest BCUT2D eigenvalue weighted by Gasteiger charge is -2.33. The summed E-state index contributed by atoms with van der Waals surface area (Å²) >= 11 is 0. The van der Waals surface area contributed by atoms with Gasteiger partial charge < -0.3 is 5.32 Å². The number of nitrogens with one attached hydrogen (secondary N) is 1. The number of rotatable bonds is 3. The van der Waals surface area contributed by atoms with Crippen LogP contribution >= 0.6 is 0 Å². The van der Waals surface area contributed by atoms with Gasteiger partial charge in [-0.2, -0.15) is 0 Å². The SMILES string of the molecule is CC(C)CC1(C)CCNC1c1ccccc1. The molecule has 1 saturated heterocycles. The molecule has 0 saturated carbocycles. The van der Waals surface area contributed by atoms with Crippen LogP contribution in [0.4, 0.5) is 0 Å². The predicted molar refractivity (Wildman–Crippen MR) is 69.4 cm³/mol. The van der Waals surface area contributed by atoms with Gasteiger partial charge in [-0.3, -0.25) is 0 Å². The fourth-order valence-electron chi connectivity index (χ4n) is 3.21. The highest BCUT2D eigenvalue weighted by atomic mass is 15.0. The van der Waals surface area contributed by atoms with E-state index in [1.165, 1.54) is 18.4 Å². The molecule has 1 aliphatic rings. The van der Waals surface area contributed by atoms with Gasteiger partial charge in [0.25, 0.3) is 0 Å². The van der Waals surface area contributed by atoms with Crippen molar-refractivity contribution in [3.63, 3.8) is 0 Å². The molecule has 1 aliphatic heterocycles. The van der Waals surface area contributed by atoms with Crippen molar-refractivity contribution in [3.8, 4) is 0 Å². The zero-order valence-corrected chi connectivity index (χ0v) is 10.7. The zero-order chi connectivity index (χ0) is 11.6. The third-order valence-electron chi connectivity index (χ3n) is 3.75. The Bertz CT molecular complexity index is 331. The first-order valence-electron chi connectivity index (χ1n) is 6.40. The molecular formula is C15H23N. The third kappa shape index (κ3) is 2.30. The predicted octanol–water partition coefficient (Wildman–Crippen LogP) is 3.77. The quantitative estimate of drug-likeness (QED) is 0.812. The van der Waals surface area contributed by atoms with Crippen LogP contribution < -0.4 is 5.32 Å². The molecule has 0 bridgehead atoms. The third-order valence-corrected chi connectivity index (χ3v) is 3.75. The van der Waals surface area contributed by atoms with Gasteiger partial charge in [-0.25, -0.2) is 0 Å². The molecule has 1 aromatic carbocycles. The van der Waals surface area contributed by atoms with E-state index in [1.54, 1.807) is 0 Å². The fourth-order valence-corrected chi connectivity index (χ4v) is 3.21. The molecule has 1 aromatic rings. The van der Waals surface area contributed by atoms with Gasteiger partial charge in [0.05, 0.1) is 0 Å². The van der Waals surface area contributed by atoms with E-state index in [0.29, 0.717) is 11.5 Å². The highest BCUT2D eigenvalue weighted by molar-refractivity contribution is 5.22. The van der Waals surface area contributed by atoms with Crippen LogP contribution in [0.1, 0.15) is 45.2 Å². The van der Waals surface area contributed by atoms with Gasteiger partial charge in [0.15, 0.2) is 0 Å². The Hall–Kier alpha value is -0.820. The number of hydrogen-bond acceptors (Lipinski definition) is 1. The lowest BCUT2D eigenvalue weighted by Crippen LogP contribution is -2.27. The molecule has 1 nitrogen and oxygen atoms in total. The van der Waals surface area contributed by atoms with Gasteiger partial charge in [0.1, 0.15) is 0 Å². The largest absolute Gasteiger partial charge is 0.309 e. The van der Waals surface area contributed by atoms with Gasteiger partial charge in [0, 0.05) is 6.04 Å². The summed E-state index contributed by atoms with van der Waals surface area (Å²) in [7, 11) is 0. The molecule has 1 heteroatoms. The van der Waals surface area contributed by atoms with Crippen molar-refractivity contribution >= 4 is 0 Å². The first-order valence-corrected chi connectivity index (χ1v) is 6.40. The molecular weight excluding hydrogens is 194 g/mol. The lowest BCUT2D eigenvalue weighted by molar-refractivity contribution is 0.225. The molecule has 0 aromatic heterocycles. The second kappa shape index (κ2) is 4.58. The Morgan fingerprint density at radius 1 is 1.31 bits per heavy atom. The Morgan fingerprint density at radius 2 is 2.00 bits per heavy atom. The summed E-state index contributed by atoms with van der Waals surface area (Å²) in [5, 5.41) is 3.67. The molecule has 1 fully saturated rings. The van der Waals surface area contributed by atoms with E-state index in [1.807, 2.05) is 0 Å². The van der Waals surface area contributed by atoms with Crippen LogP contribution in [0.5, 0.6) is 0 Å². The average molecular weight is 217 g/mol. The molecule has 2 rings (SSSR count). The molecule has 88 valence electrons. The Kier molecular flexibility index (Phi) is 3.34. The fraction of sp³-hybridized carbons (Fsp3) is 0.600. The van der Waals surface area contributed by atoms with Crippen LogP contribution in [0.25, 0.3) is 0 Å². The summed E-state index contributed by atoms with van der Waals surface area (Å²) in [6.45, 7) is 8.24. The van der Waals surface area contributed by atoms with Gasteiger partial charge in [-0.1, -0.05) is 51.1 Å². The van der Waals surface area contributed by atoms with Crippen LogP contribution in [0, 0.1) is 11.3 Å². The summed E-state index contributed by atoms with van der Waals surface area (Å²) in [4.78, 5) is 0. The van der Waals surface area contributed by atoms with Crippen molar-refractivity contribution < 1.29 is 0 Å². The first-order chi connectivity index (χ1) is 7.62. The van der Waals surface area contributed by atoms with E-state index in [-0.39, 0.29) is 0 Å². The molecule has 1 N–H and O–H groups in total. The van der Waals surface area contributed by atoms with Crippen molar-refractivity contribution in [2.24, 2.45) is 11.3 Å². The van der Waals surface area contributed by atoms with Crippen LogP contribution in [0.15, 0.2) is 30.3 Å². The Morgan fingerprint density at radius 3 is 2.62 bits per heavy atom. The Balaban J connectivity index is 2.21. The normalized spacial score (nSPS) is 29.9. The summed E-state index contributed by atoms with van der Waals surface area (Å²) in [5.41, 5.74) is 1.87. The maximum Gasteiger partial charge on any atom is 0.0375 e. The molecule has 2 atom stereocenters. The highest BCUT2D eigenvalue weighted by Gasteiger charge is 2.39. The first kappa shape index (κ1) is 11.7. The van der Waals surface area contributed by atoms with E-state index in [9.17, 15) is 0 Å². The van der Waals surface area contributed by atoms with E-state index in [4.69, 9.17) is 0 Å². The average Bonchev–Trinajstić information content (AvgIpc) is 2.60. The van der Waals surface area contributed by atoms with Gasteiger partial charge in [-0.05, 0) is 36.3 Å². The van der Waals surface area contributed by atoms with Crippen molar-refractivity contribution in [1.29, 1.82) is 0 Å². The van der Waals surface area contributed by atoms with E-state index < -0.39 is 0 Å². The highest BCUT2D eigenvalue weighted by Crippen LogP contribution is 2.45. The summed E-state index contributed by atoms with van der Waals surface area (Å²) in [5.74, 6) is 0.774. The van der Waals surface area contributed by atoms with Crippen LogP contribution in [-0.4, -0.2) is 6.54 Å². The van der Waals surface area contributed by atoms with Gasteiger partial charge >= 0.3 is 0 Å². The van der Waals surface area contributed by atoms with Crippen molar-refractivity contribution in [3.05, 3.63) is 35.9 Å². The molecule has 2 unspecified atom stereocenters. The topological polar surface area (TPSA) is 12.0 Å². The standard InChI is InChI=1S/C15H23N/c1-12(2)11-15(3)9-10-16-14(15)13-7-5-4-6-8-13/h4-8,12,14,16H,9-11H2,1-3H3. The molecule has 0 amide bonds. The van der Waals surface area contributed by atoms with E-state index in [0.717, 1.165) is 12.5 Å².